The molecule has 0 atom stereocenters. The molecule has 0 aliphatic rings. The fraction of sp³-hybridized carbons (Fsp3) is 0.214. The van der Waals surface area contributed by atoms with Crippen LogP contribution in [0.1, 0.15) is 16.2 Å². The minimum absolute atomic E-state index is 0.179. The lowest BCUT2D eigenvalue weighted by Gasteiger charge is -2.16. The molecule has 1 heterocycles. The molecule has 7 nitrogen and oxygen atoms in total. The molecule has 2 aromatic rings. The summed E-state index contributed by atoms with van der Waals surface area (Å²) in [6.45, 7) is 0.175. The summed E-state index contributed by atoms with van der Waals surface area (Å²) in [7, 11) is 1.65. The normalized spacial score (nSPS) is 10.1. The number of nitrogens with zero attached hydrogens (tertiary/aromatic N) is 2. The number of nitrogens with two attached hydrogens (primary N) is 1. The zero-order chi connectivity index (χ0) is 15.2. The summed E-state index contributed by atoms with van der Waals surface area (Å²) < 4.78 is 5.38. The zero-order valence-electron chi connectivity index (χ0n) is 11.6. The van der Waals surface area contributed by atoms with E-state index < -0.39 is 5.91 Å². The van der Waals surface area contributed by atoms with Gasteiger partial charge in [0, 0.05) is 19.4 Å². The third-order valence-corrected chi connectivity index (χ3v) is 2.87. The van der Waals surface area contributed by atoms with E-state index in [0.29, 0.717) is 18.1 Å². The topological polar surface area (TPSA) is 101 Å². The molecule has 0 fully saturated rings. The Morgan fingerprint density at radius 2 is 2.14 bits per heavy atom. The predicted octanol–water partition coefficient (Wildman–Crippen LogP) is 0.546. The van der Waals surface area contributed by atoms with Crippen LogP contribution in [0.3, 0.4) is 0 Å². The van der Waals surface area contributed by atoms with Crippen LogP contribution >= 0.6 is 0 Å². The van der Waals surface area contributed by atoms with Crippen LogP contribution in [-0.2, 0) is 11.3 Å². The van der Waals surface area contributed by atoms with Crippen LogP contribution in [0.25, 0.3) is 0 Å². The summed E-state index contributed by atoms with van der Waals surface area (Å²) in [4.78, 5) is 31.6. The summed E-state index contributed by atoms with van der Waals surface area (Å²) in [5.41, 5.74) is 5.49. The smallest absolute Gasteiger partial charge is 0.260 e. The molecule has 2 rings (SSSR count). The average Bonchev–Trinajstić information content (AvgIpc) is 2.97. The van der Waals surface area contributed by atoms with Gasteiger partial charge < -0.3 is 20.4 Å². The van der Waals surface area contributed by atoms with Crippen LogP contribution in [0.4, 0.5) is 0 Å². The maximum absolute atomic E-state index is 12.0. The van der Waals surface area contributed by atoms with E-state index in [1.165, 1.54) is 4.90 Å². The number of amides is 2. The van der Waals surface area contributed by atoms with Crippen molar-refractivity contribution in [2.24, 2.45) is 5.73 Å². The second kappa shape index (κ2) is 6.56. The third kappa shape index (κ3) is 3.82. The number of rotatable bonds is 6. The van der Waals surface area contributed by atoms with E-state index in [-0.39, 0.29) is 18.1 Å². The monoisotopic (exact) mass is 288 g/mol. The molecule has 110 valence electrons. The van der Waals surface area contributed by atoms with Crippen molar-refractivity contribution in [3.63, 3.8) is 0 Å². The third-order valence-electron chi connectivity index (χ3n) is 2.87. The molecule has 0 radical (unpaired) electrons. The summed E-state index contributed by atoms with van der Waals surface area (Å²) in [5.74, 6) is 0.154. The van der Waals surface area contributed by atoms with Crippen molar-refractivity contribution in [3.8, 4) is 5.75 Å². The van der Waals surface area contributed by atoms with Crippen LogP contribution in [0.15, 0.2) is 36.7 Å². The van der Waals surface area contributed by atoms with Crippen molar-refractivity contribution in [1.82, 2.24) is 14.9 Å². The number of nitrogens with one attached hydrogen (secondary N) is 1. The van der Waals surface area contributed by atoms with Crippen molar-refractivity contribution < 1.29 is 14.3 Å². The van der Waals surface area contributed by atoms with Crippen LogP contribution in [-0.4, -0.2) is 40.3 Å². The van der Waals surface area contributed by atoms with E-state index in [2.05, 4.69) is 9.97 Å². The van der Waals surface area contributed by atoms with Gasteiger partial charge in [0.05, 0.1) is 12.1 Å². The van der Waals surface area contributed by atoms with Crippen molar-refractivity contribution in [1.29, 1.82) is 0 Å². The van der Waals surface area contributed by atoms with Crippen molar-refractivity contribution in [2.75, 3.05) is 13.7 Å². The Hall–Kier alpha value is -2.83. The molecule has 2 amide bonds. The van der Waals surface area contributed by atoms with Crippen molar-refractivity contribution >= 4 is 11.8 Å². The minimum atomic E-state index is -0.595. The van der Waals surface area contributed by atoms with Gasteiger partial charge in [-0.1, -0.05) is 12.1 Å². The lowest BCUT2D eigenvalue weighted by molar-refractivity contribution is -0.132. The van der Waals surface area contributed by atoms with Gasteiger partial charge in [-0.3, -0.25) is 9.59 Å². The number of hydrogen-bond acceptors (Lipinski definition) is 4. The van der Waals surface area contributed by atoms with Crippen molar-refractivity contribution in [2.45, 2.75) is 6.54 Å². The first-order valence-electron chi connectivity index (χ1n) is 6.32. The fourth-order valence-corrected chi connectivity index (χ4v) is 1.74. The highest BCUT2D eigenvalue weighted by Gasteiger charge is 2.14. The summed E-state index contributed by atoms with van der Waals surface area (Å²) in [5, 5.41) is 0. The van der Waals surface area contributed by atoms with E-state index in [0.717, 1.165) is 0 Å². The van der Waals surface area contributed by atoms with E-state index in [9.17, 15) is 9.59 Å². The van der Waals surface area contributed by atoms with E-state index in [1.54, 1.807) is 43.7 Å². The number of carbonyl (C=O) groups excluding carboxylic acids is 2. The van der Waals surface area contributed by atoms with Gasteiger partial charge in [-0.25, -0.2) is 4.98 Å². The Morgan fingerprint density at radius 1 is 1.38 bits per heavy atom. The molecular weight excluding hydrogens is 272 g/mol. The highest BCUT2D eigenvalue weighted by atomic mass is 16.5. The van der Waals surface area contributed by atoms with Gasteiger partial charge in [-0.05, 0) is 12.1 Å². The highest BCUT2D eigenvalue weighted by molar-refractivity contribution is 5.95. The van der Waals surface area contributed by atoms with Gasteiger partial charge >= 0.3 is 0 Å². The molecule has 7 heteroatoms. The lowest BCUT2D eigenvalue weighted by Crippen LogP contribution is -2.31. The molecule has 0 unspecified atom stereocenters. The number of hydrogen-bond donors (Lipinski definition) is 2. The van der Waals surface area contributed by atoms with Crippen LogP contribution in [0.5, 0.6) is 5.75 Å². The lowest BCUT2D eigenvalue weighted by atomic mass is 10.2. The first kappa shape index (κ1) is 14.6. The van der Waals surface area contributed by atoms with Gasteiger partial charge in [-0.15, -0.1) is 0 Å². The van der Waals surface area contributed by atoms with Gasteiger partial charge in [0.15, 0.2) is 6.61 Å². The Labute approximate surface area is 121 Å². The number of aromatic nitrogens is 2. The number of H-pyrrole nitrogens is 1. The molecule has 0 aliphatic carbocycles. The van der Waals surface area contributed by atoms with Gasteiger partial charge in [0.25, 0.3) is 11.8 Å². The zero-order valence-corrected chi connectivity index (χ0v) is 11.6. The number of primary amides is 1. The number of likely N-dealkylation sites (N-methyl/N-ethyl adjacent to an activating group) is 1. The molecule has 0 aliphatic heterocycles. The summed E-state index contributed by atoms with van der Waals surface area (Å²) >= 11 is 0. The standard InChI is InChI=1S/C14H16N4O3/c1-18(8-12-16-6-7-17-12)13(19)9-21-11-5-3-2-4-10(11)14(15)20/h2-7H,8-9H2,1H3,(H2,15,20)(H,16,17). The van der Waals surface area contributed by atoms with Crippen LogP contribution < -0.4 is 10.5 Å². The molecular formula is C14H16N4O3. The fourth-order valence-electron chi connectivity index (χ4n) is 1.74. The maximum Gasteiger partial charge on any atom is 0.260 e. The highest BCUT2D eigenvalue weighted by Crippen LogP contribution is 2.17. The Kier molecular flexibility index (Phi) is 4.55. The Balaban J connectivity index is 1.93. The predicted molar refractivity (Wildman–Crippen MR) is 75.5 cm³/mol. The van der Waals surface area contributed by atoms with Gasteiger partial charge in [0.1, 0.15) is 11.6 Å². The van der Waals surface area contributed by atoms with Gasteiger partial charge in [-0.2, -0.15) is 0 Å². The molecule has 21 heavy (non-hydrogen) atoms. The Morgan fingerprint density at radius 3 is 2.81 bits per heavy atom. The van der Waals surface area contributed by atoms with Crippen LogP contribution in [0, 0.1) is 0 Å². The minimum Gasteiger partial charge on any atom is -0.483 e. The largest absolute Gasteiger partial charge is 0.483 e. The second-order valence-corrected chi connectivity index (χ2v) is 4.43. The number of benzene rings is 1. The number of para-hydroxylation sites is 1. The summed E-state index contributed by atoms with van der Waals surface area (Å²) in [6.07, 6.45) is 3.31. The van der Waals surface area contributed by atoms with Crippen LogP contribution in [0.2, 0.25) is 0 Å². The number of ether oxygens (including phenoxy) is 1. The molecule has 0 saturated carbocycles. The van der Waals surface area contributed by atoms with E-state index >= 15 is 0 Å². The average molecular weight is 288 g/mol. The number of carbonyl (C=O) groups is 2. The second-order valence-electron chi connectivity index (χ2n) is 4.43. The number of imidazole rings is 1. The first-order chi connectivity index (χ1) is 10.1. The Bertz CT molecular complexity index is 625. The van der Waals surface area contributed by atoms with E-state index in [1.807, 2.05) is 0 Å². The molecule has 1 aromatic carbocycles. The first-order valence-corrected chi connectivity index (χ1v) is 6.32. The van der Waals surface area contributed by atoms with Gasteiger partial charge in [0.2, 0.25) is 0 Å². The molecule has 0 bridgehead atoms. The molecule has 0 spiro atoms. The molecule has 0 saturated heterocycles. The SMILES string of the molecule is CN(Cc1ncc[nH]1)C(=O)COc1ccccc1C(N)=O. The van der Waals surface area contributed by atoms with E-state index in [4.69, 9.17) is 10.5 Å². The number of aromatic amines is 1. The quantitative estimate of drug-likeness (QED) is 0.810. The molecule has 1 aromatic heterocycles. The molecule has 3 N–H and O–H groups in total. The van der Waals surface area contributed by atoms with Crippen molar-refractivity contribution in [3.05, 3.63) is 48.0 Å². The maximum atomic E-state index is 12.0. The summed E-state index contributed by atoms with van der Waals surface area (Å²) in [6, 6.07) is 6.53.